The molecule has 0 aliphatic carbocycles. The third-order valence-electron chi connectivity index (χ3n) is 3.08. The minimum atomic E-state index is 0.602. The number of nitrogens with one attached hydrogen (secondary N) is 1. The van der Waals surface area contributed by atoms with Gasteiger partial charge < -0.3 is 10.1 Å². The van der Waals surface area contributed by atoms with Crippen LogP contribution < -0.4 is 5.32 Å². The Hall–Kier alpha value is -0.0800. The molecule has 1 N–H and O–H groups in total. The summed E-state index contributed by atoms with van der Waals surface area (Å²) in [5.41, 5.74) is 0. The predicted molar refractivity (Wildman–Crippen MR) is 49.2 cm³/mol. The third-order valence-corrected chi connectivity index (χ3v) is 3.08. The van der Waals surface area contributed by atoms with Crippen molar-refractivity contribution in [2.45, 2.75) is 38.2 Å². The smallest absolute Gasteiger partial charge is 0.0576 e. The Bertz CT molecular complexity index is 110. The molecule has 0 bridgehead atoms. The van der Waals surface area contributed by atoms with Gasteiger partial charge in [-0.15, -0.1) is 0 Å². The molecule has 2 nitrogen and oxygen atoms in total. The molecular weight excluding hydrogens is 150 g/mol. The monoisotopic (exact) mass is 169 g/mol. The Morgan fingerprint density at radius 1 is 1.25 bits per heavy atom. The summed E-state index contributed by atoms with van der Waals surface area (Å²) < 4.78 is 5.59. The average Bonchev–Trinajstić information content (AvgIpc) is 2.74. The first-order chi connectivity index (χ1) is 5.95. The van der Waals surface area contributed by atoms with Crippen LogP contribution in [0.1, 0.15) is 32.1 Å². The van der Waals surface area contributed by atoms with Crippen molar-refractivity contribution in [3.63, 3.8) is 0 Å². The highest BCUT2D eigenvalue weighted by Gasteiger charge is 2.19. The zero-order chi connectivity index (χ0) is 8.23. The van der Waals surface area contributed by atoms with E-state index in [4.69, 9.17) is 4.74 Å². The van der Waals surface area contributed by atoms with Crippen molar-refractivity contribution in [1.82, 2.24) is 5.32 Å². The molecule has 70 valence electrons. The van der Waals surface area contributed by atoms with E-state index in [0.717, 1.165) is 12.5 Å². The molecule has 12 heavy (non-hydrogen) atoms. The number of hydrogen-bond acceptors (Lipinski definition) is 2. The van der Waals surface area contributed by atoms with Crippen LogP contribution in [0.5, 0.6) is 0 Å². The lowest BCUT2D eigenvalue weighted by Crippen LogP contribution is -2.12. The van der Waals surface area contributed by atoms with Crippen molar-refractivity contribution in [2.75, 3.05) is 19.7 Å². The first kappa shape index (κ1) is 8.52. The lowest BCUT2D eigenvalue weighted by Gasteiger charge is -2.12. The number of ether oxygens (including phenoxy) is 1. The minimum absolute atomic E-state index is 0.602. The maximum Gasteiger partial charge on any atom is 0.0576 e. The van der Waals surface area contributed by atoms with Crippen LogP contribution in [0, 0.1) is 5.92 Å². The first-order valence-corrected chi connectivity index (χ1v) is 5.27. The second kappa shape index (κ2) is 4.24. The van der Waals surface area contributed by atoms with Crippen molar-refractivity contribution < 1.29 is 4.74 Å². The van der Waals surface area contributed by atoms with Crippen LogP contribution in [-0.2, 0) is 4.74 Å². The molecule has 2 atom stereocenters. The van der Waals surface area contributed by atoms with Crippen molar-refractivity contribution in [3.8, 4) is 0 Å². The zero-order valence-electron chi connectivity index (χ0n) is 7.72. The van der Waals surface area contributed by atoms with Crippen LogP contribution in [-0.4, -0.2) is 25.8 Å². The van der Waals surface area contributed by atoms with Crippen LogP contribution >= 0.6 is 0 Å². The molecular formula is C10H19NO. The van der Waals surface area contributed by atoms with Crippen molar-refractivity contribution in [2.24, 2.45) is 5.92 Å². The molecule has 2 heteroatoms. The molecule has 2 heterocycles. The fourth-order valence-electron chi connectivity index (χ4n) is 2.25. The molecule has 0 aromatic heterocycles. The summed E-state index contributed by atoms with van der Waals surface area (Å²) in [6.45, 7) is 3.48. The molecule has 0 radical (unpaired) electrons. The van der Waals surface area contributed by atoms with Crippen LogP contribution in [0.3, 0.4) is 0 Å². The third kappa shape index (κ3) is 2.20. The zero-order valence-corrected chi connectivity index (χ0v) is 7.72. The summed E-state index contributed by atoms with van der Waals surface area (Å²) in [7, 11) is 0. The molecule has 0 aromatic rings. The van der Waals surface area contributed by atoms with Crippen LogP contribution in [0.15, 0.2) is 0 Å². The Labute approximate surface area is 74.7 Å². The van der Waals surface area contributed by atoms with Crippen LogP contribution in [0.25, 0.3) is 0 Å². The quantitative estimate of drug-likeness (QED) is 0.692. The summed E-state index contributed by atoms with van der Waals surface area (Å²) in [4.78, 5) is 0. The Morgan fingerprint density at radius 2 is 2.25 bits per heavy atom. The largest absolute Gasteiger partial charge is 0.378 e. The second-order valence-electron chi connectivity index (χ2n) is 4.07. The fraction of sp³-hybridized carbons (Fsp3) is 1.00. The van der Waals surface area contributed by atoms with E-state index >= 15 is 0 Å². The topological polar surface area (TPSA) is 21.3 Å². The van der Waals surface area contributed by atoms with Crippen LogP contribution in [0.2, 0.25) is 0 Å². The first-order valence-electron chi connectivity index (χ1n) is 5.27. The molecule has 2 aliphatic heterocycles. The molecule has 0 spiro atoms. The molecule has 2 fully saturated rings. The molecule has 0 saturated carbocycles. The van der Waals surface area contributed by atoms with Gasteiger partial charge in [-0.3, -0.25) is 0 Å². The summed E-state index contributed by atoms with van der Waals surface area (Å²) in [6.07, 6.45) is 7.25. The second-order valence-corrected chi connectivity index (χ2v) is 4.07. The van der Waals surface area contributed by atoms with Crippen LogP contribution in [0.4, 0.5) is 0 Å². The lowest BCUT2D eigenvalue weighted by molar-refractivity contribution is 0.0988. The van der Waals surface area contributed by atoms with E-state index in [-0.39, 0.29) is 0 Å². The Morgan fingerprint density at radius 3 is 2.92 bits per heavy atom. The maximum absolute atomic E-state index is 5.59. The Kier molecular flexibility index (Phi) is 3.01. The van der Waals surface area contributed by atoms with Gasteiger partial charge in [-0.2, -0.15) is 0 Å². The van der Waals surface area contributed by atoms with Gasteiger partial charge in [0.2, 0.25) is 0 Å². The lowest BCUT2D eigenvalue weighted by atomic mass is 9.99. The molecule has 2 aliphatic rings. The van der Waals surface area contributed by atoms with E-state index in [1.807, 2.05) is 0 Å². The highest BCUT2D eigenvalue weighted by molar-refractivity contribution is 4.74. The van der Waals surface area contributed by atoms with Gasteiger partial charge in [0, 0.05) is 6.61 Å². The Balaban J connectivity index is 1.60. The van der Waals surface area contributed by atoms with Crippen molar-refractivity contribution in [3.05, 3.63) is 0 Å². The van der Waals surface area contributed by atoms with E-state index in [1.165, 1.54) is 45.2 Å². The van der Waals surface area contributed by atoms with Crippen molar-refractivity contribution in [1.29, 1.82) is 0 Å². The number of rotatable bonds is 3. The summed E-state index contributed by atoms with van der Waals surface area (Å²) in [5.74, 6) is 0.939. The van der Waals surface area contributed by atoms with Gasteiger partial charge in [0.1, 0.15) is 0 Å². The predicted octanol–water partition coefficient (Wildman–Crippen LogP) is 1.56. The van der Waals surface area contributed by atoms with Gasteiger partial charge in [-0.25, -0.2) is 0 Å². The summed E-state index contributed by atoms with van der Waals surface area (Å²) >= 11 is 0. The van der Waals surface area contributed by atoms with Gasteiger partial charge >= 0.3 is 0 Å². The van der Waals surface area contributed by atoms with Crippen molar-refractivity contribution >= 4 is 0 Å². The summed E-state index contributed by atoms with van der Waals surface area (Å²) in [5, 5.41) is 3.41. The molecule has 2 saturated heterocycles. The minimum Gasteiger partial charge on any atom is -0.378 e. The number of hydrogen-bond donors (Lipinski definition) is 1. The van der Waals surface area contributed by atoms with Gasteiger partial charge in [0.05, 0.1) is 6.10 Å². The molecule has 0 aromatic carbocycles. The van der Waals surface area contributed by atoms with Gasteiger partial charge in [0.25, 0.3) is 0 Å². The fourth-order valence-corrected chi connectivity index (χ4v) is 2.25. The molecule has 2 rings (SSSR count). The van der Waals surface area contributed by atoms with E-state index in [9.17, 15) is 0 Å². The molecule has 2 unspecified atom stereocenters. The van der Waals surface area contributed by atoms with E-state index < -0.39 is 0 Å². The highest BCUT2D eigenvalue weighted by atomic mass is 16.5. The SMILES string of the molecule is C1COC(CCC2CCNC2)C1. The highest BCUT2D eigenvalue weighted by Crippen LogP contribution is 2.21. The van der Waals surface area contributed by atoms with Gasteiger partial charge in [-0.05, 0) is 51.1 Å². The van der Waals surface area contributed by atoms with E-state index in [2.05, 4.69) is 5.32 Å². The van der Waals surface area contributed by atoms with Gasteiger partial charge in [0.15, 0.2) is 0 Å². The van der Waals surface area contributed by atoms with E-state index in [0.29, 0.717) is 6.10 Å². The normalized spacial score (nSPS) is 36.0. The summed E-state index contributed by atoms with van der Waals surface area (Å²) in [6, 6.07) is 0. The van der Waals surface area contributed by atoms with E-state index in [1.54, 1.807) is 0 Å². The van der Waals surface area contributed by atoms with Gasteiger partial charge in [-0.1, -0.05) is 0 Å². The standard InChI is InChI=1S/C10H19NO/c1-2-10(12-7-1)4-3-9-5-6-11-8-9/h9-11H,1-8H2. The maximum atomic E-state index is 5.59. The average molecular weight is 169 g/mol. The molecule has 0 amide bonds.